The summed E-state index contributed by atoms with van der Waals surface area (Å²) < 4.78 is 0. The zero-order valence-corrected chi connectivity index (χ0v) is 26.6. The van der Waals surface area contributed by atoms with Gasteiger partial charge in [0.15, 0.2) is 16.9 Å². The molecule has 0 saturated carbocycles. The first-order valence-electron chi connectivity index (χ1n) is 15.2. The first-order valence-corrected chi connectivity index (χ1v) is 16.4. The molecule has 10 nitrogen and oxygen atoms in total. The SMILES string of the molecule is C=CC1=C(O)N[C@H](CC2N/C(=C\c3[nH]c(/C=C4\NC(=O)[C@H](C)[C@H]4[C@H]4C[SH+]4)c(C)c3CCC(=O)O)C(CCC(=O)O)=C2C)C1C. The minimum Gasteiger partial charge on any atom is -0.495 e. The lowest BCUT2D eigenvalue weighted by molar-refractivity contribution is -0.138. The molecule has 44 heavy (non-hydrogen) atoms. The van der Waals surface area contributed by atoms with Crippen LogP contribution >= 0.6 is 0 Å². The van der Waals surface area contributed by atoms with Crippen molar-refractivity contribution in [3.05, 3.63) is 69.2 Å². The lowest BCUT2D eigenvalue weighted by atomic mass is 9.90. The van der Waals surface area contributed by atoms with Gasteiger partial charge in [0.05, 0.1) is 5.92 Å². The average molecular weight is 624 g/mol. The number of thiol groups is 1. The highest BCUT2D eigenvalue weighted by atomic mass is 32.2. The molecule has 6 atom stereocenters. The molecule has 5 rings (SSSR count). The van der Waals surface area contributed by atoms with Crippen LogP contribution < -0.4 is 16.0 Å². The molecule has 2 unspecified atom stereocenters. The van der Waals surface area contributed by atoms with Crippen LogP contribution in [0.5, 0.6) is 0 Å². The normalized spacial score (nSPS) is 29.8. The number of allylic oxidation sites excluding steroid dienone is 3. The fourth-order valence-corrected chi connectivity index (χ4v) is 7.88. The second-order valence-corrected chi connectivity index (χ2v) is 13.8. The lowest BCUT2D eigenvalue weighted by Gasteiger charge is -2.23. The van der Waals surface area contributed by atoms with Crippen molar-refractivity contribution >= 4 is 41.8 Å². The fraction of sp³-hybridized carbons (Fsp3) is 0.485. The number of carboxylic acid groups (broad SMARTS) is 2. The predicted molar refractivity (Wildman–Crippen MR) is 173 cm³/mol. The first kappa shape index (κ1) is 31.6. The summed E-state index contributed by atoms with van der Waals surface area (Å²) >= 11 is 1.36. The number of hydrogen-bond acceptors (Lipinski definition) is 6. The molecule has 0 aromatic carbocycles. The van der Waals surface area contributed by atoms with E-state index in [0.29, 0.717) is 24.5 Å². The number of aliphatic carboxylic acids is 2. The summed E-state index contributed by atoms with van der Waals surface area (Å²) in [6.45, 7) is 11.8. The van der Waals surface area contributed by atoms with Crippen molar-refractivity contribution in [3.8, 4) is 0 Å². The summed E-state index contributed by atoms with van der Waals surface area (Å²) in [6, 6.07) is -0.119. The molecule has 0 spiro atoms. The van der Waals surface area contributed by atoms with Crippen LogP contribution in [-0.4, -0.2) is 61.2 Å². The molecule has 4 aliphatic heterocycles. The van der Waals surface area contributed by atoms with Gasteiger partial charge >= 0.3 is 11.9 Å². The smallest absolute Gasteiger partial charge is 0.303 e. The third-order valence-corrected chi connectivity index (χ3v) is 10.8. The van der Waals surface area contributed by atoms with E-state index in [-0.39, 0.29) is 54.5 Å². The number of amides is 1. The van der Waals surface area contributed by atoms with Crippen LogP contribution in [0, 0.1) is 24.7 Å². The molecule has 0 radical (unpaired) electrons. The van der Waals surface area contributed by atoms with Gasteiger partial charge in [0.2, 0.25) is 5.91 Å². The number of rotatable bonds is 12. The average Bonchev–Trinajstić information content (AvgIpc) is 3.53. The maximum atomic E-state index is 12.6. The number of aromatic nitrogens is 1. The van der Waals surface area contributed by atoms with E-state index in [9.17, 15) is 29.7 Å². The molecule has 4 aliphatic rings. The van der Waals surface area contributed by atoms with E-state index in [1.54, 1.807) is 6.08 Å². The van der Waals surface area contributed by atoms with Crippen molar-refractivity contribution in [1.29, 1.82) is 0 Å². The Balaban J connectivity index is 1.49. The number of carbonyl (C=O) groups excluding carboxylic acids is 1. The van der Waals surface area contributed by atoms with Gasteiger partial charge in [-0.3, -0.25) is 14.4 Å². The Hall–Kier alpha value is -3.86. The molecule has 1 aromatic rings. The van der Waals surface area contributed by atoms with Gasteiger partial charge in [-0.2, -0.15) is 0 Å². The van der Waals surface area contributed by atoms with Crippen LogP contribution in [0.4, 0.5) is 0 Å². The number of nitrogens with one attached hydrogen (secondary N) is 4. The Bertz CT molecular complexity index is 1510. The number of carboxylic acids is 2. The van der Waals surface area contributed by atoms with Crippen molar-refractivity contribution in [3.63, 3.8) is 0 Å². The minimum absolute atomic E-state index is 0.0216. The van der Waals surface area contributed by atoms with E-state index in [2.05, 4.69) is 27.5 Å². The van der Waals surface area contributed by atoms with Crippen molar-refractivity contribution < 1.29 is 29.7 Å². The molecule has 5 heterocycles. The number of aliphatic hydroxyl groups is 1. The van der Waals surface area contributed by atoms with Gasteiger partial charge in [-0.15, -0.1) is 0 Å². The molecular weight excluding hydrogens is 580 g/mol. The molecule has 2 fully saturated rings. The Morgan fingerprint density at radius 1 is 1.02 bits per heavy atom. The Kier molecular flexibility index (Phi) is 9.06. The number of aliphatic hydroxyl groups excluding tert-OH is 1. The molecular formula is C33H43N4O6S+. The molecule has 0 bridgehead atoms. The predicted octanol–water partition coefficient (Wildman–Crippen LogP) is 3.71. The van der Waals surface area contributed by atoms with Gasteiger partial charge in [0.25, 0.3) is 0 Å². The van der Waals surface area contributed by atoms with E-state index in [1.807, 2.05) is 39.8 Å². The first-order chi connectivity index (χ1) is 20.9. The van der Waals surface area contributed by atoms with Gasteiger partial charge in [-0.25, -0.2) is 0 Å². The van der Waals surface area contributed by atoms with Crippen molar-refractivity contribution in [1.82, 2.24) is 20.9 Å². The highest BCUT2D eigenvalue weighted by Gasteiger charge is 2.52. The largest absolute Gasteiger partial charge is 0.495 e. The van der Waals surface area contributed by atoms with E-state index >= 15 is 0 Å². The second kappa shape index (κ2) is 12.6. The third-order valence-electron chi connectivity index (χ3n) is 9.66. The second-order valence-electron chi connectivity index (χ2n) is 12.4. The van der Waals surface area contributed by atoms with Gasteiger partial charge in [-0.1, -0.05) is 26.5 Å². The van der Waals surface area contributed by atoms with Gasteiger partial charge in [0.1, 0.15) is 0 Å². The zero-order chi connectivity index (χ0) is 31.9. The van der Waals surface area contributed by atoms with Crippen molar-refractivity contribution in [2.24, 2.45) is 17.8 Å². The fourth-order valence-electron chi connectivity index (χ4n) is 6.88. The number of carbonyl (C=O) groups is 3. The highest BCUT2D eigenvalue weighted by molar-refractivity contribution is 7.86. The van der Waals surface area contributed by atoms with E-state index in [0.717, 1.165) is 56.4 Å². The van der Waals surface area contributed by atoms with E-state index < -0.39 is 11.9 Å². The standard InChI is InChI=1S/C33H42N4O6S/c1-6-19-15(2)24(36-33(19)43)11-22-16(3)20(7-9-29(38)39)25(34-22)13-26-21(8-10-30(40)41)17(4)23(35-26)12-27-31(28-14-44-28)18(5)32(42)37-27/h6,12-13,15,18,22,24,28,31,34-36,43H,1,7-11,14H2,2-5H3,(H,37,42)(H,38,39)(H,40,41)/p+1/b25-13-,27-12-/t15?,18-,22?,24-,28-,31-/m1/s1. The van der Waals surface area contributed by atoms with Gasteiger partial charge < -0.3 is 36.3 Å². The van der Waals surface area contributed by atoms with Crippen LogP contribution in [0.3, 0.4) is 0 Å². The summed E-state index contributed by atoms with van der Waals surface area (Å²) in [4.78, 5) is 39.2. The Labute approximate surface area is 261 Å². The monoisotopic (exact) mass is 623 g/mol. The quantitative estimate of drug-likeness (QED) is 0.105. The molecule has 7 N–H and O–H groups in total. The van der Waals surface area contributed by atoms with E-state index in [4.69, 9.17) is 0 Å². The molecule has 11 heteroatoms. The van der Waals surface area contributed by atoms with Crippen molar-refractivity contribution in [2.45, 2.75) is 77.1 Å². The Morgan fingerprint density at radius 3 is 2.32 bits per heavy atom. The highest BCUT2D eigenvalue weighted by Crippen LogP contribution is 2.39. The minimum atomic E-state index is -0.889. The van der Waals surface area contributed by atoms with Crippen LogP contribution in [-0.2, 0) is 32.6 Å². The maximum Gasteiger partial charge on any atom is 0.303 e. The van der Waals surface area contributed by atoms with Crippen LogP contribution in [0.25, 0.3) is 12.2 Å². The van der Waals surface area contributed by atoms with Crippen LogP contribution in [0.1, 0.15) is 69.0 Å². The summed E-state index contributed by atoms with van der Waals surface area (Å²) in [5, 5.41) is 39.7. The number of aromatic amines is 1. The van der Waals surface area contributed by atoms with Gasteiger partial charge in [-0.05, 0) is 79.3 Å². The molecule has 236 valence electrons. The van der Waals surface area contributed by atoms with Crippen molar-refractivity contribution in [2.75, 3.05) is 5.75 Å². The number of hydrogen-bond donors (Lipinski definition) is 7. The zero-order valence-electron chi connectivity index (χ0n) is 25.7. The number of H-pyrrole nitrogens is 1. The van der Waals surface area contributed by atoms with Crippen LogP contribution in [0.15, 0.2) is 46.7 Å². The maximum absolute atomic E-state index is 12.6. The Morgan fingerprint density at radius 2 is 1.70 bits per heavy atom. The lowest BCUT2D eigenvalue weighted by Crippen LogP contribution is -2.36. The molecule has 2 saturated heterocycles. The molecule has 1 aromatic heterocycles. The molecule has 0 aliphatic carbocycles. The third kappa shape index (κ3) is 6.33. The topological polar surface area (TPSA) is 164 Å². The summed E-state index contributed by atoms with van der Waals surface area (Å²) in [5.41, 5.74) is 7.84. The summed E-state index contributed by atoms with van der Waals surface area (Å²) in [7, 11) is 0. The van der Waals surface area contributed by atoms with Crippen LogP contribution in [0.2, 0.25) is 0 Å². The summed E-state index contributed by atoms with van der Waals surface area (Å²) in [5.74, 6) is -0.409. The summed E-state index contributed by atoms with van der Waals surface area (Å²) in [6.07, 6.45) is 6.92. The van der Waals surface area contributed by atoms with Gasteiger partial charge in [0, 0.05) is 65.1 Å². The van der Waals surface area contributed by atoms with E-state index in [1.165, 1.54) is 11.8 Å². The molecule has 1 amide bonds.